The van der Waals surface area contributed by atoms with Crippen molar-refractivity contribution in [1.29, 1.82) is 0 Å². The van der Waals surface area contributed by atoms with Gasteiger partial charge in [0.1, 0.15) is 11.9 Å². The molecule has 5 nitrogen and oxygen atoms in total. The Morgan fingerprint density at radius 1 is 1.50 bits per heavy atom. The van der Waals surface area contributed by atoms with Gasteiger partial charge in [-0.3, -0.25) is 5.10 Å². The van der Waals surface area contributed by atoms with Crippen molar-refractivity contribution < 1.29 is 4.74 Å². The summed E-state index contributed by atoms with van der Waals surface area (Å²) in [4.78, 5) is 4.32. The monoisotopic (exact) mass is 198 g/mol. The van der Waals surface area contributed by atoms with Crippen LogP contribution in [-0.2, 0) is 11.2 Å². The van der Waals surface area contributed by atoms with Crippen LogP contribution < -0.4 is 5.73 Å². The first kappa shape index (κ1) is 11.1. The molecule has 1 aromatic rings. The zero-order valence-electron chi connectivity index (χ0n) is 8.79. The molecule has 0 fully saturated rings. The molecule has 1 heterocycles. The van der Waals surface area contributed by atoms with Gasteiger partial charge in [-0.1, -0.05) is 6.92 Å². The van der Waals surface area contributed by atoms with Gasteiger partial charge in [0.05, 0.1) is 0 Å². The number of hydrogen-bond acceptors (Lipinski definition) is 4. The molecular formula is C9H18N4O. The fraction of sp³-hybridized carbons (Fsp3) is 0.778. The Morgan fingerprint density at radius 3 is 2.86 bits per heavy atom. The number of aromatic nitrogens is 3. The summed E-state index contributed by atoms with van der Waals surface area (Å²) in [5, 5.41) is 6.97. The molecule has 0 aliphatic carbocycles. The zero-order chi connectivity index (χ0) is 10.4. The van der Waals surface area contributed by atoms with Crippen LogP contribution in [0.15, 0.2) is 0 Å². The molecule has 5 heteroatoms. The van der Waals surface area contributed by atoms with Crippen LogP contribution in [0.5, 0.6) is 0 Å². The highest BCUT2D eigenvalue weighted by Gasteiger charge is 2.14. The number of nitrogens with zero attached hydrogens (tertiary/aromatic N) is 2. The summed E-state index contributed by atoms with van der Waals surface area (Å²) in [6.07, 6.45) is 1.62. The predicted octanol–water partition coefficient (Wildman–Crippen LogP) is 0.794. The highest BCUT2D eigenvalue weighted by Crippen LogP contribution is 2.16. The Balaban J connectivity index is 2.63. The van der Waals surface area contributed by atoms with Crippen molar-refractivity contribution in [1.82, 2.24) is 15.2 Å². The normalized spacial score (nSPS) is 13.1. The Bertz CT molecular complexity index is 261. The quantitative estimate of drug-likeness (QED) is 0.708. The first-order valence-electron chi connectivity index (χ1n) is 5.04. The average molecular weight is 198 g/mol. The third-order valence-corrected chi connectivity index (χ3v) is 1.96. The Morgan fingerprint density at radius 2 is 2.29 bits per heavy atom. The number of H-pyrrole nitrogens is 1. The van der Waals surface area contributed by atoms with E-state index in [1.165, 1.54) is 0 Å². The van der Waals surface area contributed by atoms with Gasteiger partial charge in [-0.15, -0.1) is 0 Å². The fourth-order valence-corrected chi connectivity index (χ4v) is 1.28. The van der Waals surface area contributed by atoms with Gasteiger partial charge in [0.25, 0.3) is 0 Å². The number of nitrogens with one attached hydrogen (secondary N) is 1. The maximum atomic E-state index is 5.49. The SMILES string of the molecule is CCOC(CC)c1n[nH]c(CCN)n1. The van der Waals surface area contributed by atoms with Crippen molar-refractivity contribution in [3.05, 3.63) is 11.6 Å². The van der Waals surface area contributed by atoms with E-state index in [0.29, 0.717) is 13.2 Å². The minimum Gasteiger partial charge on any atom is -0.370 e. The molecule has 0 saturated heterocycles. The molecular weight excluding hydrogens is 180 g/mol. The molecule has 1 atom stereocenters. The molecule has 1 rings (SSSR count). The summed E-state index contributed by atoms with van der Waals surface area (Å²) in [7, 11) is 0. The van der Waals surface area contributed by atoms with Crippen molar-refractivity contribution in [3.8, 4) is 0 Å². The molecule has 0 bridgehead atoms. The maximum absolute atomic E-state index is 5.49. The molecule has 0 aromatic carbocycles. The average Bonchev–Trinajstić information content (AvgIpc) is 2.63. The molecule has 0 aliphatic rings. The van der Waals surface area contributed by atoms with Crippen LogP contribution in [0.4, 0.5) is 0 Å². The van der Waals surface area contributed by atoms with E-state index in [1.54, 1.807) is 0 Å². The van der Waals surface area contributed by atoms with E-state index < -0.39 is 0 Å². The third-order valence-electron chi connectivity index (χ3n) is 1.96. The standard InChI is InChI=1S/C9H18N4O/c1-3-7(14-4-2)9-11-8(5-6-10)12-13-9/h7H,3-6,10H2,1-2H3,(H,11,12,13). The van der Waals surface area contributed by atoms with E-state index in [4.69, 9.17) is 10.5 Å². The zero-order valence-corrected chi connectivity index (χ0v) is 8.79. The fourth-order valence-electron chi connectivity index (χ4n) is 1.28. The maximum Gasteiger partial charge on any atom is 0.179 e. The van der Waals surface area contributed by atoms with Crippen LogP contribution in [0.1, 0.15) is 38.0 Å². The number of nitrogens with two attached hydrogens (primary N) is 1. The van der Waals surface area contributed by atoms with Crippen LogP contribution >= 0.6 is 0 Å². The van der Waals surface area contributed by atoms with Gasteiger partial charge in [0.2, 0.25) is 0 Å². The second-order valence-corrected chi connectivity index (χ2v) is 3.03. The molecule has 1 unspecified atom stereocenters. The lowest BCUT2D eigenvalue weighted by Crippen LogP contribution is -2.06. The minimum absolute atomic E-state index is 0.00257. The first-order chi connectivity index (χ1) is 6.81. The first-order valence-corrected chi connectivity index (χ1v) is 5.04. The molecule has 0 radical (unpaired) electrons. The number of aromatic amines is 1. The lowest BCUT2D eigenvalue weighted by molar-refractivity contribution is 0.0537. The van der Waals surface area contributed by atoms with Crippen LogP contribution in [0, 0.1) is 0 Å². The Kier molecular flexibility index (Phi) is 4.55. The van der Waals surface area contributed by atoms with Crippen molar-refractivity contribution in [2.24, 2.45) is 5.73 Å². The van der Waals surface area contributed by atoms with E-state index in [9.17, 15) is 0 Å². The molecule has 0 saturated carbocycles. The lowest BCUT2D eigenvalue weighted by atomic mass is 10.2. The molecule has 0 aliphatic heterocycles. The van der Waals surface area contributed by atoms with Crippen LogP contribution in [0.3, 0.4) is 0 Å². The largest absolute Gasteiger partial charge is 0.370 e. The van der Waals surface area contributed by atoms with Gasteiger partial charge >= 0.3 is 0 Å². The number of ether oxygens (including phenoxy) is 1. The van der Waals surface area contributed by atoms with Gasteiger partial charge in [0, 0.05) is 13.0 Å². The highest BCUT2D eigenvalue weighted by atomic mass is 16.5. The van der Waals surface area contributed by atoms with Crippen molar-refractivity contribution >= 4 is 0 Å². The van der Waals surface area contributed by atoms with Gasteiger partial charge in [-0.25, -0.2) is 4.98 Å². The molecule has 14 heavy (non-hydrogen) atoms. The molecule has 3 N–H and O–H groups in total. The summed E-state index contributed by atoms with van der Waals surface area (Å²) in [6.45, 7) is 5.29. The van der Waals surface area contributed by atoms with E-state index in [0.717, 1.165) is 24.5 Å². The number of hydrogen-bond donors (Lipinski definition) is 2. The summed E-state index contributed by atoms with van der Waals surface area (Å²) in [5.41, 5.74) is 5.42. The van der Waals surface area contributed by atoms with Crippen LogP contribution in [0.25, 0.3) is 0 Å². The highest BCUT2D eigenvalue weighted by molar-refractivity contribution is 4.94. The van der Waals surface area contributed by atoms with E-state index in [2.05, 4.69) is 22.1 Å². The number of rotatable bonds is 6. The van der Waals surface area contributed by atoms with Gasteiger partial charge in [-0.2, -0.15) is 5.10 Å². The second-order valence-electron chi connectivity index (χ2n) is 3.03. The van der Waals surface area contributed by atoms with E-state index in [1.807, 2.05) is 6.92 Å². The molecule has 80 valence electrons. The third kappa shape index (κ3) is 2.78. The summed E-state index contributed by atoms with van der Waals surface area (Å²) >= 11 is 0. The van der Waals surface area contributed by atoms with Crippen LogP contribution in [-0.4, -0.2) is 28.3 Å². The predicted molar refractivity (Wildman–Crippen MR) is 53.8 cm³/mol. The lowest BCUT2D eigenvalue weighted by Gasteiger charge is -2.09. The topological polar surface area (TPSA) is 76.8 Å². The molecule has 0 amide bonds. The molecule has 1 aromatic heterocycles. The smallest absolute Gasteiger partial charge is 0.179 e. The van der Waals surface area contributed by atoms with Gasteiger partial charge in [0.15, 0.2) is 5.82 Å². The van der Waals surface area contributed by atoms with Crippen molar-refractivity contribution in [3.63, 3.8) is 0 Å². The Labute approximate surface area is 84.1 Å². The van der Waals surface area contributed by atoms with Crippen molar-refractivity contribution in [2.75, 3.05) is 13.2 Å². The summed E-state index contributed by atoms with van der Waals surface area (Å²) < 4.78 is 5.49. The minimum atomic E-state index is 0.00257. The van der Waals surface area contributed by atoms with E-state index >= 15 is 0 Å². The summed E-state index contributed by atoms with van der Waals surface area (Å²) in [6, 6.07) is 0. The van der Waals surface area contributed by atoms with Crippen molar-refractivity contribution in [2.45, 2.75) is 32.8 Å². The summed E-state index contributed by atoms with van der Waals surface area (Å²) in [5.74, 6) is 1.57. The van der Waals surface area contributed by atoms with Crippen LogP contribution in [0.2, 0.25) is 0 Å². The van der Waals surface area contributed by atoms with Gasteiger partial charge < -0.3 is 10.5 Å². The van der Waals surface area contributed by atoms with E-state index in [-0.39, 0.29) is 6.10 Å². The second kappa shape index (κ2) is 5.72. The van der Waals surface area contributed by atoms with Gasteiger partial charge in [-0.05, 0) is 19.9 Å². The Hall–Kier alpha value is -0.940. The molecule has 0 spiro atoms.